The van der Waals surface area contributed by atoms with Crippen LogP contribution in [0.3, 0.4) is 0 Å². The summed E-state index contributed by atoms with van der Waals surface area (Å²) in [6.45, 7) is 3.28. The van der Waals surface area contributed by atoms with Crippen LogP contribution < -0.4 is 20.1 Å². The molecule has 0 aliphatic carbocycles. The van der Waals surface area contributed by atoms with E-state index in [0.717, 1.165) is 0 Å². The number of carbonyl (C=O) groups excluding carboxylic acids is 2. The van der Waals surface area contributed by atoms with Crippen molar-refractivity contribution in [3.8, 4) is 11.5 Å². The molecule has 0 bridgehead atoms. The first kappa shape index (κ1) is 19.0. The molecule has 0 saturated heterocycles. The van der Waals surface area contributed by atoms with Crippen LogP contribution in [0.4, 0.5) is 10.5 Å². The Balaban J connectivity index is 2.31. The minimum absolute atomic E-state index is 0.109. The third kappa shape index (κ3) is 4.21. The average molecular weight is 365 g/mol. The minimum atomic E-state index is -0.586. The zero-order chi connectivity index (χ0) is 19.3. The smallest absolute Gasteiger partial charge is 0.338 e. The van der Waals surface area contributed by atoms with E-state index in [2.05, 4.69) is 10.6 Å². The standard InChI is InChI=1S/C16H19N3O7/c1-4-25-15(20)14-9(2)17-16(21)18-11(14)8-26-13-7-10(19(22)23)5-6-12(13)24-3/h5-7,9H,4,8H2,1-3H3,(H2,17,18,21). The molecule has 1 aliphatic heterocycles. The van der Waals surface area contributed by atoms with Gasteiger partial charge in [0, 0.05) is 6.07 Å². The Morgan fingerprint density at radius 2 is 2.08 bits per heavy atom. The van der Waals surface area contributed by atoms with Gasteiger partial charge >= 0.3 is 12.0 Å². The molecule has 1 unspecified atom stereocenters. The van der Waals surface area contributed by atoms with Crippen LogP contribution in [0.5, 0.6) is 11.5 Å². The molecule has 2 N–H and O–H groups in total. The number of hydrogen-bond donors (Lipinski definition) is 2. The summed E-state index contributed by atoms with van der Waals surface area (Å²) in [4.78, 5) is 34.2. The molecular formula is C16H19N3O7. The van der Waals surface area contributed by atoms with Gasteiger partial charge in [-0.25, -0.2) is 9.59 Å². The van der Waals surface area contributed by atoms with Crippen LogP contribution in [0, 0.1) is 10.1 Å². The summed E-state index contributed by atoms with van der Waals surface area (Å²) < 4.78 is 15.7. The summed E-state index contributed by atoms with van der Waals surface area (Å²) in [5, 5.41) is 16.0. The lowest BCUT2D eigenvalue weighted by atomic mass is 10.0. The summed E-state index contributed by atoms with van der Waals surface area (Å²) in [5.74, 6) is -0.197. The monoisotopic (exact) mass is 365 g/mol. The van der Waals surface area contributed by atoms with Crippen LogP contribution in [0.25, 0.3) is 0 Å². The van der Waals surface area contributed by atoms with Gasteiger partial charge in [-0.3, -0.25) is 10.1 Å². The minimum Gasteiger partial charge on any atom is -0.493 e. The van der Waals surface area contributed by atoms with Crippen LogP contribution in [0.2, 0.25) is 0 Å². The number of nitro groups is 1. The SMILES string of the molecule is CCOC(=O)C1=C(COc2cc([N+](=O)[O-])ccc2OC)NC(=O)NC1C. The number of ether oxygens (including phenoxy) is 3. The number of benzene rings is 1. The maximum atomic E-state index is 12.2. The van der Waals surface area contributed by atoms with Crippen LogP contribution in [-0.4, -0.2) is 43.3 Å². The van der Waals surface area contributed by atoms with Gasteiger partial charge in [0.05, 0.1) is 42.0 Å². The van der Waals surface area contributed by atoms with E-state index in [-0.39, 0.29) is 41.7 Å². The van der Waals surface area contributed by atoms with Gasteiger partial charge in [-0.2, -0.15) is 0 Å². The number of non-ortho nitro benzene ring substituents is 1. The first-order valence-electron chi connectivity index (χ1n) is 7.80. The highest BCUT2D eigenvalue weighted by molar-refractivity contribution is 5.94. The molecule has 1 heterocycles. The second-order valence-electron chi connectivity index (χ2n) is 5.31. The number of nitrogens with zero attached hydrogens (tertiary/aromatic N) is 1. The molecule has 10 nitrogen and oxygen atoms in total. The highest BCUT2D eigenvalue weighted by Gasteiger charge is 2.30. The van der Waals surface area contributed by atoms with Crippen LogP contribution >= 0.6 is 0 Å². The Hall–Kier alpha value is -3.30. The Kier molecular flexibility index (Phi) is 5.99. The Bertz CT molecular complexity index is 760. The molecule has 140 valence electrons. The number of amides is 2. The fourth-order valence-electron chi connectivity index (χ4n) is 2.43. The van der Waals surface area contributed by atoms with Crippen molar-refractivity contribution in [2.75, 3.05) is 20.3 Å². The molecule has 0 saturated carbocycles. The van der Waals surface area contributed by atoms with Gasteiger partial charge < -0.3 is 24.8 Å². The molecule has 0 spiro atoms. The van der Waals surface area contributed by atoms with Gasteiger partial charge in [0.25, 0.3) is 5.69 Å². The molecule has 26 heavy (non-hydrogen) atoms. The van der Waals surface area contributed by atoms with Crippen molar-refractivity contribution in [3.05, 3.63) is 39.6 Å². The molecule has 0 aromatic heterocycles. The lowest BCUT2D eigenvalue weighted by Gasteiger charge is -2.26. The van der Waals surface area contributed by atoms with Crippen molar-refractivity contribution in [2.45, 2.75) is 19.9 Å². The predicted molar refractivity (Wildman–Crippen MR) is 89.9 cm³/mol. The fourth-order valence-corrected chi connectivity index (χ4v) is 2.43. The van der Waals surface area contributed by atoms with E-state index in [0.29, 0.717) is 0 Å². The number of rotatable bonds is 7. The zero-order valence-electron chi connectivity index (χ0n) is 14.5. The quantitative estimate of drug-likeness (QED) is 0.425. The van der Waals surface area contributed by atoms with E-state index >= 15 is 0 Å². The molecule has 0 radical (unpaired) electrons. The summed E-state index contributed by atoms with van der Waals surface area (Å²) in [5.41, 5.74) is 0.257. The van der Waals surface area contributed by atoms with Crippen molar-refractivity contribution >= 4 is 17.7 Å². The summed E-state index contributed by atoms with van der Waals surface area (Å²) in [7, 11) is 1.39. The lowest BCUT2D eigenvalue weighted by molar-refractivity contribution is -0.385. The Labute approximate surface area is 149 Å². The highest BCUT2D eigenvalue weighted by Crippen LogP contribution is 2.31. The second kappa shape index (κ2) is 8.19. The van der Waals surface area contributed by atoms with Crippen LogP contribution in [0.1, 0.15) is 13.8 Å². The summed E-state index contributed by atoms with van der Waals surface area (Å²) >= 11 is 0. The molecule has 0 fully saturated rings. The number of nitro benzene ring substituents is 1. The fraction of sp³-hybridized carbons (Fsp3) is 0.375. The maximum Gasteiger partial charge on any atom is 0.338 e. The summed E-state index contributed by atoms with van der Waals surface area (Å²) in [6.07, 6.45) is 0. The van der Waals surface area contributed by atoms with E-state index in [1.54, 1.807) is 13.8 Å². The van der Waals surface area contributed by atoms with Gasteiger partial charge in [-0.15, -0.1) is 0 Å². The Morgan fingerprint density at radius 1 is 1.35 bits per heavy atom. The topological polar surface area (TPSA) is 129 Å². The number of urea groups is 1. The first-order chi connectivity index (χ1) is 12.4. The van der Waals surface area contributed by atoms with Gasteiger partial charge in [-0.05, 0) is 19.9 Å². The Morgan fingerprint density at radius 3 is 2.69 bits per heavy atom. The first-order valence-corrected chi connectivity index (χ1v) is 7.80. The zero-order valence-corrected chi connectivity index (χ0v) is 14.5. The van der Waals surface area contributed by atoms with E-state index in [1.807, 2.05) is 0 Å². The average Bonchev–Trinajstić information content (AvgIpc) is 2.59. The van der Waals surface area contributed by atoms with Crippen molar-refractivity contribution in [3.63, 3.8) is 0 Å². The number of hydrogen-bond acceptors (Lipinski definition) is 7. The number of methoxy groups -OCH3 is 1. The molecular weight excluding hydrogens is 346 g/mol. The van der Waals surface area contributed by atoms with Crippen molar-refractivity contribution < 1.29 is 28.7 Å². The molecule has 2 amide bonds. The van der Waals surface area contributed by atoms with Gasteiger partial charge in [0.2, 0.25) is 0 Å². The predicted octanol–water partition coefficient (Wildman–Crippen LogP) is 1.50. The van der Waals surface area contributed by atoms with Gasteiger partial charge in [-0.1, -0.05) is 0 Å². The largest absolute Gasteiger partial charge is 0.493 e. The van der Waals surface area contributed by atoms with Crippen molar-refractivity contribution in [1.82, 2.24) is 10.6 Å². The second-order valence-corrected chi connectivity index (χ2v) is 5.31. The number of nitrogens with one attached hydrogen (secondary N) is 2. The van der Waals surface area contributed by atoms with Gasteiger partial charge in [0.15, 0.2) is 11.5 Å². The van der Waals surface area contributed by atoms with E-state index in [4.69, 9.17) is 14.2 Å². The molecule has 10 heteroatoms. The molecule has 1 atom stereocenters. The number of esters is 1. The normalized spacial score (nSPS) is 16.4. The van der Waals surface area contributed by atoms with Crippen molar-refractivity contribution in [1.29, 1.82) is 0 Å². The lowest BCUT2D eigenvalue weighted by Crippen LogP contribution is -2.50. The maximum absolute atomic E-state index is 12.2. The van der Waals surface area contributed by atoms with E-state index in [1.165, 1.54) is 25.3 Å². The highest BCUT2D eigenvalue weighted by atomic mass is 16.6. The molecule has 2 rings (SSSR count). The number of carbonyl (C=O) groups is 2. The molecule has 1 aliphatic rings. The van der Waals surface area contributed by atoms with Crippen LogP contribution in [-0.2, 0) is 9.53 Å². The van der Waals surface area contributed by atoms with E-state index in [9.17, 15) is 19.7 Å². The van der Waals surface area contributed by atoms with Crippen LogP contribution in [0.15, 0.2) is 29.5 Å². The molecule has 1 aromatic carbocycles. The molecule has 1 aromatic rings. The third-order valence-electron chi connectivity index (χ3n) is 3.60. The van der Waals surface area contributed by atoms with Crippen molar-refractivity contribution in [2.24, 2.45) is 0 Å². The van der Waals surface area contributed by atoms with E-state index < -0.39 is 23.0 Å². The third-order valence-corrected chi connectivity index (χ3v) is 3.60. The summed E-state index contributed by atoms with van der Waals surface area (Å²) in [6, 6.07) is 2.82. The van der Waals surface area contributed by atoms with Gasteiger partial charge in [0.1, 0.15) is 6.61 Å².